The molecule has 0 aromatic carbocycles. The second-order valence-electron chi connectivity index (χ2n) is 5.20. The zero-order valence-corrected chi connectivity index (χ0v) is 12.7. The monoisotopic (exact) mass is 268 g/mol. The lowest BCUT2D eigenvalue weighted by atomic mass is 10.2. The maximum atomic E-state index is 11.9. The maximum Gasteiger partial charge on any atom is 0.410 e. The summed E-state index contributed by atoms with van der Waals surface area (Å²) in [5, 5.41) is 4.25. The van der Waals surface area contributed by atoms with Gasteiger partial charge in [0.1, 0.15) is 17.2 Å². The molecule has 0 unspecified atom stereocenters. The standard InChI is InChI=1S/C11H18N4O2.C2H6/c1-8-12-9-7-14(5-6-15(9)13-8)10(16)17-11(2,3)4;1-2/h5-7H2,1-4H3;1-2H3. The predicted octanol–water partition coefficient (Wildman–Crippen LogP) is 2.36. The summed E-state index contributed by atoms with van der Waals surface area (Å²) in [5.41, 5.74) is -0.460. The third-order valence-corrected chi connectivity index (χ3v) is 2.42. The molecule has 6 nitrogen and oxygen atoms in total. The minimum Gasteiger partial charge on any atom is -0.444 e. The fraction of sp³-hybridized carbons (Fsp3) is 0.769. The van der Waals surface area contributed by atoms with Crippen molar-refractivity contribution in [3.8, 4) is 0 Å². The molecular formula is C13H24N4O2. The highest BCUT2D eigenvalue weighted by Gasteiger charge is 2.26. The van der Waals surface area contributed by atoms with Gasteiger partial charge in [-0.3, -0.25) is 4.90 Å². The average Bonchev–Trinajstić information content (AvgIpc) is 2.68. The van der Waals surface area contributed by atoms with Crippen molar-refractivity contribution in [3.63, 3.8) is 0 Å². The van der Waals surface area contributed by atoms with Crippen LogP contribution in [0.3, 0.4) is 0 Å². The molecule has 0 aliphatic carbocycles. The first kappa shape index (κ1) is 15.5. The van der Waals surface area contributed by atoms with Gasteiger partial charge in [-0.05, 0) is 27.7 Å². The summed E-state index contributed by atoms with van der Waals surface area (Å²) in [6.45, 7) is 13.2. The summed E-state index contributed by atoms with van der Waals surface area (Å²) < 4.78 is 7.17. The molecule has 1 aliphatic heterocycles. The number of carbonyl (C=O) groups is 1. The minimum atomic E-state index is -0.460. The van der Waals surface area contributed by atoms with Gasteiger partial charge in [0, 0.05) is 6.54 Å². The van der Waals surface area contributed by atoms with Gasteiger partial charge in [0.15, 0.2) is 0 Å². The number of aryl methyl sites for hydroxylation is 1. The van der Waals surface area contributed by atoms with Crippen molar-refractivity contribution in [2.24, 2.45) is 0 Å². The van der Waals surface area contributed by atoms with Gasteiger partial charge in [0.25, 0.3) is 0 Å². The molecule has 1 aliphatic rings. The van der Waals surface area contributed by atoms with E-state index in [9.17, 15) is 4.79 Å². The van der Waals surface area contributed by atoms with Crippen LogP contribution in [0.15, 0.2) is 0 Å². The first-order valence-electron chi connectivity index (χ1n) is 6.73. The Hall–Kier alpha value is -1.59. The molecule has 0 saturated carbocycles. The highest BCUT2D eigenvalue weighted by Crippen LogP contribution is 2.15. The molecule has 2 heterocycles. The Balaban J connectivity index is 0.000000861. The second-order valence-corrected chi connectivity index (χ2v) is 5.20. The lowest BCUT2D eigenvalue weighted by Crippen LogP contribution is -2.41. The topological polar surface area (TPSA) is 60.2 Å². The number of nitrogens with zero attached hydrogens (tertiary/aromatic N) is 4. The number of amides is 1. The number of fused-ring (bicyclic) bond motifs is 1. The van der Waals surface area contributed by atoms with Gasteiger partial charge < -0.3 is 4.74 Å². The lowest BCUT2D eigenvalue weighted by Gasteiger charge is -2.29. The van der Waals surface area contributed by atoms with Crippen molar-refractivity contribution in [2.75, 3.05) is 6.54 Å². The Morgan fingerprint density at radius 2 is 1.89 bits per heavy atom. The third-order valence-electron chi connectivity index (χ3n) is 2.42. The van der Waals surface area contributed by atoms with Crippen LogP contribution in [0.1, 0.15) is 46.3 Å². The number of carbonyl (C=O) groups excluding carboxylic acids is 1. The quantitative estimate of drug-likeness (QED) is 0.724. The average molecular weight is 268 g/mol. The van der Waals surface area contributed by atoms with Crippen LogP contribution in [-0.2, 0) is 17.8 Å². The molecule has 1 aromatic rings. The summed E-state index contributed by atoms with van der Waals surface area (Å²) >= 11 is 0. The van der Waals surface area contributed by atoms with Crippen molar-refractivity contribution >= 4 is 6.09 Å². The highest BCUT2D eigenvalue weighted by atomic mass is 16.6. The normalized spacial score (nSPS) is 14.3. The van der Waals surface area contributed by atoms with Crippen molar-refractivity contribution in [1.82, 2.24) is 19.7 Å². The van der Waals surface area contributed by atoms with Gasteiger partial charge in [0.2, 0.25) is 0 Å². The van der Waals surface area contributed by atoms with Gasteiger partial charge in [0.05, 0.1) is 13.1 Å². The van der Waals surface area contributed by atoms with Crippen LogP contribution in [0.5, 0.6) is 0 Å². The summed E-state index contributed by atoms with van der Waals surface area (Å²) in [6.07, 6.45) is -0.288. The smallest absolute Gasteiger partial charge is 0.410 e. The molecule has 0 fully saturated rings. The zero-order chi connectivity index (χ0) is 14.6. The van der Waals surface area contributed by atoms with E-state index in [1.54, 1.807) is 4.90 Å². The maximum absolute atomic E-state index is 11.9. The van der Waals surface area contributed by atoms with Crippen molar-refractivity contribution in [2.45, 2.75) is 60.2 Å². The van der Waals surface area contributed by atoms with Gasteiger partial charge in [-0.15, -0.1) is 0 Å². The molecule has 0 N–H and O–H groups in total. The van der Waals surface area contributed by atoms with E-state index in [4.69, 9.17) is 4.74 Å². The van der Waals surface area contributed by atoms with Crippen molar-refractivity contribution in [1.29, 1.82) is 0 Å². The fourth-order valence-corrected chi connectivity index (χ4v) is 1.74. The summed E-state index contributed by atoms with van der Waals surface area (Å²) in [4.78, 5) is 17.8. The Morgan fingerprint density at radius 1 is 1.26 bits per heavy atom. The van der Waals surface area contributed by atoms with E-state index in [0.717, 1.165) is 11.6 Å². The Labute approximate surface area is 114 Å². The molecule has 0 spiro atoms. The van der Waals surface area contributed by atoms with E-state index in [1.165, 1.54) is 0 Å². The molecule has 1 amide bonds. The van der Waals surface area contributed by atoms with Crippen LogP contribution in [0.25, 0.3) is 0 Å². The number of aromatic nitrogens is 3. The Morgan fingerprint density at radius 3 is 2.47 bits per heavy atom. The molecule has 0 radical (unpaired) electrons. The van der Waals surface area contributed by atoms with Crippen LogP contribution in [0.4, 0.5) is 4.79 Å². The third kappa shape index (κ3) is 4.22. The van der Waals surface area contributed by atoms with Crippen molar-refractivity contribution < 1.29 is 9.53 Å². The number of rotatable bonds is 0. The van der Waals surface area contributed by atoms with Gasteiger partial charge in [-0.1, -0.05) is 13.8 Å². The molecule has 108 valence electrons. The molecule has 0 bridgehead atoms. The van der Waals surface area contributed by atoms with Gasteiger partial charge >= 0.3 is 6.09 Å². The van der Waals surface area contributed by atoms with Crippen LogP contribution in [-0.4, -0.2) is 37.9 Å². The van der Waals surface area contributed by atoms with Gasteiger partial charge in [-0.25, -0.2) is 14.5 Å². The van der Waals surface area contributed by atoms with Crippen LogP contribution < -0.4 is 0 Å². The molecule has 2 rings (SSSR count). The first-order valence-corrected chi connectivity index (χ1v) is 6.73. The largest absolute Gasteiger partial charge is 0.444 e. The van der Waals surface area contributed by atoms with E-state index in [-0.39, 0.29) is 6.09 Å². The molecule has 6 heteroatoms. The molecule has 19 heavy (non-hydrogen) atoms. The predicted molar refractivity (Wildman–Crippen MR) is 72.8 cm³/mol. The summed E-state index contributed by atoms with van der Waals surface area (Å²) in [5.74, 6) is 1.56. The van der Waals surface area contributed by atoms with Crippen LogP contribution in [0, 0.1) is 6.92 Å². The highest BCUT2D eigenvalue weighted by molar-refractivity contribution is 5.68. The van der Waals surface area contributed by atoms with E-state index in [1.807, 2.05) is 46.2 Å². The lowest BCUT2D eigenvalue weighted by molar-refractivity contribution is 0.0190. The van der Waals surface area contributed by atoms with Gasteiger partial charge in [-0.2, -0.15) is 5.10 Å². The minimum absolute atomic E-state index is 0.288. The number of hydrogen-bond donors (Lipinski definition) is 0. The van der Waals surface area contributed by atoms with Crippen LogP contribution >= 0.6 is 0 Å². The Kier molecular flexibility index (Phi) is 4.91. The molecule has 0 atom stereocenters. The SMILES string of the molecule is CC.Cc1nc2n(n1)CCN(C(=O)OC(C)(C)C)C2. The van der Waals surface area contributed by atoms with Crippen molar-refractivity contribution in [3.05, 3.63) is 11.6 Å². The van der Waals surface area contributed by atoms with E-state index in [2.05, 4.69) is 10.1 Å². The second kappa shape index (κ2) is 6.04. The summed E-state index contributed by atoms with van der Waals surface area (Å²) in [7, 11) is 0. The fourth-order valence-electron chi connectivity index (χ4n) is 1.74. The van der Waals surface area contributed by atoms with E-state index < -0.39 is 5.60 Å². The summed E-state index contributed by atoms with van der Waals surface area (Å²) in [6, 6.07) is 0. The van der Waals surface area contributed by atoms with Crippen LogP contribution in [0.2, 0.25) is 0 Å². The number of ether oxygens (including phenoxy) is 1. The van der Waals surface area contributed by atoms with E-state index in [0.29, 0.717) is 19.6 Å². The molecule has 0 saturated heterocycles. The van der Waals surface area contributed by atoms with E-state index >= 15 is 0 Å². The molecule has 1 aromatic heterocycles. The zero-order valence-electron chi connectivity index (χ0n) is 12.7. The first-order chi connectivity index (χ1) is 8.85. The Bertz CT molecular complexity index is 434. The number of hydrogen-bond acceptors (Lipinski definition) is 4. The molecular weight excluding hydrogens is 244 g/mol.